The van der Waals surface area contributed by atoms with Gasteiger partial charge >= 0.3 is 0 Å². The van der Waals surface area contributed by atoms with Gasteiger partial charge in [-0.05, 0) is 42.6 Å². The first kappa shape index (κ1) is 20.1. The van der Waals surface area contributed by atoms with E-state index in [-0.39, 0.29) is 11.2 Å². The van der Waals surface area contributed by atoms with Crippen LogP contribution in [0.15, 0.2) is 53.0 Å². The molecule has 0 fully saturated rings. The van der Waals surface area contributed by atoms with Crippen LogP contribution in [0, 0.1) is 5.82 Å². The summed E-state index contributed by atoms with van der Waals surface area (Å²) in [6.45, 7) is 3.75. The van der Waals surface area contributed by atoms with Crippen molar-refractivity contribution >= 4 is 37.4 Å². The lowest BCUT2D eigenvalue weighted by Crippen LogP contribution is -2.26. The van der Waals surface area contributed by atoms with Crippen LogP contribution < -0.4 is 10.0 Å². The predicted molar refractivity (Wildman–Crippen MR) is 118 cm³/mol. The first-order valence-corrected chi connectivity index (χ1v) is 12.2. The fourth-order valence-electron chi connectivity index (χ4n) is 4.07. The maximum absolute atomic E-state index is 15.0. The van der Waals surface area contributed by atoms with Crippen LogP contribution >= 0.6 is 11.3 Å². The van der Waals surface area contributed by atoms with E-state index >= 15 is 0 Å². The number of fused-ring (bicyclic) bond motifs is 2. The van der Waals surface area contributed by atoms with Gasteiger partial charge in [0.2, 0.25) is 0 Å². The number of anilines is 1. The number of nitrogens with one attached hydrogen (secondary N) is 2. The molecule has 5 rings (SSSR count). The standard InChI is InChI=1S/C21H20FN5O2S2/c1-13(16-4-2-3-14-5-6-23-12-17(14)16)27-19-10-18(22)20(9-15(19)11-25-27)31(28,29)26-21-24-7-8-30-21/h2-4,7-11,13,23H,5-6,12H2,1H3,(H,24,26). The molecule has 0 radical (unpaired) electrons. The van der Waals surface area contributed by atoms with Crippen LogP contribution in [0.4, 0.5) is 9.52 Å². The molecule has 0 saturated heterocycles. The number of halogens is 1. The third kappa shape index (κ3) is 3.60. The van der Waals surface area contributed by atoms with E-state index in [1.54, 1.807) is 16.3 Å². The summed E-state index contributed by atoms with van der Waals surface area (Å²) in [5.74, 6) is -0.831. The van der Waals surface area contributed by atoms with E-state index in [1.807, 2.05) is 13.0 Å². The van der Waals surface area contributed by atoms with Gasteiger partial charge in [0.25, 0.3) is 10.0 Å². The van der Waals surface area contributed by atoms with Crippen molar-refractivity contribution in [2.45, 2.75) is 30.8 Å². The van der Waals surface area contributed by atoms with E-state index in [0.717, 1.165) is 36.4 Å². The van der Waals surface area contributed by atoms with Gasteiger partial charge in [-0.1, -0.05) is 18.2 Å². The van der Waals surface area contributed by atoms with Crippen molar-refractivity contribution in [3.05, 3.63) is 70.6 Å². The van der Waals surface area contributed by atoms with E-state index in [4.69, 9.17) is 0 Å². The number of thiazole rings is 1. The number of aromatic nitrogens is 3. The summed E-state index contributed by atoms with van der Waals surface area (Å²) in [7, 11) is -4.10. The minimum atomic E-state index is -4.10. The van der Waals surface area contributed by atoms with Gasteiger partial charge in [0, 0.05) is 29.6 Å². The number of hydrogen-bond acceptors (Lipinski definition) is 6. The Balaban J connectivity index is 1.55. The molecular formula is C21H20FN5O2S2. The molecule has 3 heterocycles. The van der Waals surface area contributed by atoms with Gasteiger partial charge in [-0.15, -0.1) is 11.3 Å². The molecule has 1 atom stereocenters. The van der Waals surface area contributed by atoms with Crippen LogP contribution in [0.25, 0.3) is 10.9 Å². The number of hydrogen-bond donors (Lipinski definition) is 2. The molecule has 2 N–H and O–H groups in total. The minimum Gasteiger partial charge on any atom is -0.312 e. The summed E-state index contributed by atoms with van der Waals surface area (Å²) >= 11 is 1.13. The van der Waals surface area contributed by atoms with Crippen molar-refractivity contribution in [3.8, 4) is 0 Å². The normalized spacial score (nSPS) is 15.0. The fraction of sp³-hybridized carbons (Fsp3) is 0.238. The van der Waals surface area contributed by atoms with Gasteiger partial charge in [-0.25, -0.2) is 17.8 Å². The summed E-state index contributed by atoms with van der Waals surface area (Å²) in [6.07, 6.45) is 4.02. The largest absolute Gasteiger partial charge is 0.312 e. The van der Waals surface area contributed by atoms with E-state index in [9.17, 15) is 12.8 Å². The smallest absolute Gasteiger partial charge is 0.266 e. The Morgan fingerprint density at radius 1 is 1.32 bits per heavy atom. The van der Waals surface area contributed by atoms with Crippen LogP contribution in [0.3, 0.4) is 0 Å². The van der Waals surface area contributed by atoms with Crippen LogP contribution in [-0.2, 0) is 23.0 Å². The molecule has 0 bridgehead atoms. The summed E-state index contributed by atoms with van der Waals surface area (Å²) < 4.78 is 44.3. The zero-order valence-corrected chi connectivity index (χ0v) is 18.3. The highest BCUT2D eigenvalue weighted by atomic mass is 32.2. The Labute approximate surface area is 183 Å². The van der Waals surface area contributed by atoms with Crippen molar-refractivity contribution in [2.75, 3.05) is 11.3 Å². The summed E-state index contributed by atoms with van der Waals surface area (Å²) in [5, 5.41) is 10.2. The number of rotatable bonds is 5. The molecule has 1 unspecified atom stereocenters. The van der Waals surface area contributed by atoms with E-state index in [2.05, 4.69) is 32.3 Å². The molecule has 160 valence electrons. The van der Waals surface area contributed by atoms with Gasteiger partial charge in [-0.3, -0.25) is 9.40 Å². The van der Waals surface area contributed by atoms with E-state index in [1.165, 1.54) is 29.5 Å². The third-order valence-corrected chi connectivity index (χ3v) is 7.76. The quantitative estimate of drug-likeness (QED) is 0.477. The van der Waals surface area contributed by atoms with Gasteiger partial charge in [-0.2, -0.15) is 5.10 Å². The van der Waals surface area contributed by atoms with Crippen LogP contribution in [0.5, 0.6) is 0 Å². The zero-order chi connectivity index (χ0) is 21.6. The highest BCUT2D eigenvalue weighted by molar-refractivity contribution is 7.93. The monoisotopic (exact) mass is 457 g/mol. The van der Waals surface area contributed by atoms with Crippen molar-refractivity contribution in [1.82, 2.24) is 20.1 Å². The lowest BCUT2D eigenvalue weighted by atomic mass is 9.92. The van der Waals surface area contributed by atoms with Crippen molar-refractivity contribution in [1.29, 1.82) is 0 Å². The van der Waals surface area contributed by atoms with Crippen LogP contribution in [0.1, 0.15) is 29.7 Å². The van der Waals surface area contributed by atoms with Crippen molar-refractivity contribution in [3.63, 3.8) is 0 Å². The molecule has 31 heavy (non-hydrogen) atoms. The number of nitrogens with zero attached hydrogens (tertiary/aromatic N) is 3. The lowest BCUT2D eigenvalue weighted by molar-refractivity contribution is 0.556. The molecule has 10 heteroatoms. The van der Waals surface area contributed by atoms with Gasteiger partial charge in [0.15, 0.2) is 5.13 Å². The second-order valence-corrected chi connectivity index (χ2v) is 10.0. The molecule has 1 aliphatic heterocycles. The lowest BCUT2D eigenvalue weighted by Gasteiger charge is -2.24. The topological polar surface area (TPSA) is 88.9 Å². The second kappa shape index (κ2) is 7.70. The third-order valence-electron chi connectivity index (χ3n) is 5.59. The zero-order valence-electron chi connectivity index (χ0n) is 16.7. The molecule has 0 saturated carbocycles. The molecule has 2 aromatic carbocycles. The van der Waals surface area contributed by atoms with Crippen molar-refractivity contribution < 1.29 is 12.8 Å². The maximum atomic E-state index is 15.0. The minimum absolute atomic E-state index is 0.136. The number of sulfonamides is 1. The number of benzene rings is 2. The molecule has 7 nitrogen and oxygen atoms in total. The fourth-order valence-corrected chi connectivity index (χ4v) is 5.95. The Morgan fingerprint density at radius 2 is 2.19 bits per heavy atom. The van der Waals surface area contributed by atoms with Crippen LogP contribution in [0.2, 0.25) is 0 Å². The van der Waals surface area contributed by atoms with E-state index in [0.29, 0.717) is 10.9 Å². The van der Waals surface area contributed by atoms with E-state index < -0.39 is 20.7 Å². The highest BCUT2D eigenvalue weighted by Crippen LogP contribution is 2.31. The molecule has 0 amide bonds. The summed E-state index contributed by atoms with van der Waals surface area (Å²) in [5.41, 5.74) is 4.22. The van der Waals surface area contributed by atoms with Gasteiger partial charge in [0.1, 0.15) is 10.7 Å². The predicted octanol–water partition coefficient (Wildman–Crippen LogP) is 3.69. The first-order chi connectivity index (χ1) is 14.9. The Morgan fingerprint density at radius 3 is 3.00 bits per heavy atom. The Kier molecular flexibility index (Phi) is 4.99. The molecule has 1 aliphatic rings. The highest BCUT2D eigenvalue weighted by Gasteiger charge is 2.24. The Hall–Kier alpha value is -2.82. The maximum Gasteiger partial charge on any atom is 0.266 e. The second-order valence-electron chi connectivity index (χ2n) is 7.46. The summed E-state index contributed by atoms with van der Waals surface area (Å²) in [4.78, 5) is 3.47. The first-order valence-electron chi connectivity index (χ1n) is 9.84. The van der Waals surface area contributed by atoms with Crippen molar-refractivity contribution in [2.24, 2.45) is 0 Å². The molecule has 2 aromatic heterocycles. The average Bonchev–Trinajstić information content (AvgIpc) is 3.41. The van der Waals surface area contributed by atoms with Crippen LogP contribution in [-0.4, -0.2) is 29.7 Å². The van der Waals surface area contributed by atoms with Gasteiger partial charge < -0.3 is 5.32 Å². The molecule has 0 spiro atoms. The molecule has 4 aromatic rings. The summed E-state index contributed by atoms with van der Waals surface area (Å²) in [6, 6.07) is 8.67. The molecular weight excluding hydrogens is 437 g/mol. The Bertz CT molecular complexity index is 1370. The average molecular weight is 458 g/mol. The SMILES string of the molecule is CC(c1cccc2c1CNCC2)n1ncc2cc(S(=O)(=O)Nc3nccs3)c(F)cc21. The van der Waals surface area contributed by atoms with Gasteiger partial charge in [0.05, 0.1) is 17.8 Å². The molecule has 0 aliphatic carbocycles.